The van der Waals surface area contributed by atoms with Gasteiger partial charge in [0.2, 0.25) is 0 Å². The Hall–Kier alpha value is -0.160. The fourth-order valence-corrected chi connectivity index (χ4v) is 2.15. The van der Waals surface area contributed by atoms with Crippen molar-refractivity contribution in [3.63, 3.8) is 0 Å². The molecule has 128 valence electrons. The SMILES string of the molecule is CCC(CC)CCOC(C)(C)CCOC(C)(O)CCOC. The summed E-state index contributed by atoms with van der Waals surface area (Å²) in [6.45, 7) is 12.0. The molecular weight excluding hydrogens is 268 g/mol. The Labute approximate surface area is 131 Å². The van der Waals surface area contributed by atoms with Gasteiger partial charge in [-0.15, -0.1) is 0 Å². The Morgan fingerprint density at radius 2 is 1.52 bits per heavy atom. The number of hydrogen-bond acceptors (Lipinski definition) is 4. The van der Waals surface area contributed by atoms with Gasteiger partial charge < -0.3 is 19.3 Å². The third kappa shape index (κ3) is 11.1. The lowest BCUT2D eigenvalue weighted by Gasteiger charge is -2.29. The molecule has 4 heteroatoms. The van der Waals surface area contributed by atoms with Crippen LogP contribution in [0.3, 0.4) is 0 Å². The first kappa shape index (κ1) is 20.8. The predicted molar refractivity (Wildman–Crippen MR) is 86.4 cm³/mol. The molecule has 1 unspecified atom stereocenters. The van der Waals surface area contributed by atoms with E-state index in [0.29, 0.717) is 19.6 Å². The molecule has 0 rings (SSSR count). The zero-order valence-corrected chi connectivity index (χ0v) is 14.9. The molecule has 0 heterocycles. The number of rotatable bonds is 13. The molecule has 1 N–H and O–H groups in total. The quantitative estimate of drug-likeness (QED) is 0.526. The molecule has 21 heavy (non-hydrogen) atoms. The minimum atomic E-state index is -1.12. The van der Waals surface area contributed by atoms with Gasteiger partial charge in [0, 0.05) is 20.1 Å². The average Bonchev–Trinajstić information content (AvgIpc) is 2.41. The van der Waals surface area contributed by atoms with E-state index in [-0.39, 0.29) is 5.60 Å². The van der Waals surface area contributed by atoms with E-state index in [9.17, 15) is 5.11 Å². The van der Waals surface area contributed by atoms with Crippen molar-refractivity contribution in [3.05, 3.63) is 0 Å². The highest BCUT2D eigenvalue weighted by Crippen LogP contribution is 2.20. The van der Waals surface area contributed by atoms with Crippen LogP contribution in [0.1, 0.15) is 66.7 Å². The van der Waals surface area contributed by atoms with Gasteiger partial charge in [-0.3, -0.25) is 0 Å². The molecule has 0 radical (unpaired) electrons. The van der Waals surface area contributed by atoms with E-state index in [1.807, 2.05) is 0 Å². The predicted octanol–water partition coefficient (Wildman–Crippen LogP) is 3.76. The minimum absolute atomic E-state index is 0.219. The molecule has 0 aliphatic rings. The Morgan fingerprint density at radius 1 is 0.905 bits per heavy atom. The van der Waals surface area contributed by atoms with Gasteiger partial charge in [-0.2, -0.15) is 0 Å². The fourth-order valence-electron chi connectivity index (χ4n) is 2.15. The highest BCUT2D eigenvalue weighted by molar-refractivity contribution is 4.70. The molecule has 0 aromatic heterocycles. The van der Waals surface area contributed by atoms with Crippen LogP contribution in [0.4, 0.5) is 0 Å². The van der Waals surface area contributed by atoms with Crippen molar-refractivity contribution < 1.29 is 19.3 Å². The molecule has 1 atom stereocenters. The van der Waals surface area contributed by atoms with Crippen molar-refractivity contribution in [3.8, 4) is 0 Å². The standard InChI is InChI=1S/C17H36O4/c1-7-15(8-2)9-12-20-16(3,4)10-14-21-17(5,18)11-13-19-6/h15,18H,7-14H2,1-6H3. The minimum Gasteiger partial charge on any atom is -0.384 e. The monoisotopic (exact) mass is 304 g/mol. The van der Waals surface area contributed by atoms with Gasteiger partial charge in [0.1, 0.15) is 0 Å². The van der Waals surface area contributed by atoms with Crippen molar-refractivity contribution in [2.24, 2.45) is 5.92 Å². The highest BCUT2D eigenvalue weighted by Gasteiger charge is 2.24. The van der Waals surface area contributed by atoms with Crippen molar-refractivity contribution in [2.75, 3.05) is 26.9 Å². The molecule has 0 aromatic rings. The van der Waals surface area contributed by atoms with Gasteiger partial charge in [0.25, 0.3) is 0 Å². The van der Waals surface area contributed by atoms with Crippen molar-refractivity contribution in [1.82, 2.24) is 0 Å². The number of ether oxygens (including phenoxy) is 3. The van der Waals surface area contributed by atoms with E-state index in [2.05, 4.69) is 27.7 Å². The fraction of sp³-hybridized carbons (Fsp3) is 1.00. The van der Waals surface area contributed by atoms with Gasteiger partial charge in [-0.25, -0.2) is 0 Å². The second kappa shape index (κ2) is 10.5. The van der Waals surface area contributed by atoms with Gasteiger partial charge in [0.15, 0.2) is 5.79 Å². The largest absolute Gasteiger partial charge is 0.384 e. The molecule has 4 nitrogen and oxygen atoms in total. The van der Waals surface area contributed by atoms with E-state index >= 15 is 0 Å². The Balaban J connectivity index is 3.91. The number of aliphatic hydroxyl groups is 1. The number of hydrogen-bond donors (Lipinski definition) is 1. The Bertz CT molecular complexity index is 247. The lowest BCUT2D eigenvalue weighted by Crippen LogP contribution is -2.33. The lowest BCUT2D eigenvalue weighted by molar-refractivity contribution is -0.206. The van der Waals surface area contributed by atoms with E-state index in [0.717, 1.165) is 25.4 Å². The third-order valence-corrected chi connectivity index (χ3v) is 4.06. The van der Waals surface area contributed by atoms with Gasteiger partial charge in [-0.05, 0) is 39.5 Å². The van der Waals surface area contributed by atoms with Gasteiger partial charge >= 0.3 is 0 Å². The molecule has 0 aliphatic carbocycles. The van der Waals surface area contributed by atoms with Crippen molar-refractivity contribution in [1.29, 1.82) is 0 Å². The summed E-state index contributed by atoms with van der Waals surface area (Å²) in [6.07, 6.45) is 4.78. The van der Waals surface area contributed by atoms with Crippen LogP contribution in [0.5, 0.6) is 0 Å². The van der Waals surface area contributed by atoms with Gasteiger partial charge in [0.05, 0.1) is 18.8 Å². The summed E-state index contributed by atoms with van der Waals surface area (Å²) in [5, 5.41) is 10.0. The Kier molecular flexibility index (Phi) is 10.5. The normalized spacial score (nSPS) is 15.4. The Morgan fingerprint density at radius 3 is 2.05 bits per heavy atom. The first-order valence-corrected chi connectivity index (χ1v) is 8.25. The summed E-state index contributed by atoms with van der Waals surface area (Å²) in [6, 6.07) is 0. The second-order valence-electron chi connectivity index (χ2n) is 6.60. The summed E-state index contributed by atoms with van der Waals surface area (Å²) >= 11 is 0. The summed E-state index contributed by atoms with van der Waals surface area (Å²) in [7, 11) is 1.62. The van der Waals surface area contributed by atoms with Crippen LogP contribution in [-0.4, -0.2) is 43.4 Å². The van der Waals surface area contributed by atoms with Crippen LogP contribution in [0.2, 0.25) is 0 Å². The maximum Gasteiger partial charge on any atom is 0.164 e. The van der Waals surface area contributed by atoms with E-state index in [1.54, 1.807) is 14.0 Å². The van der Waals surface area contributed by atoms with E-state index < -0.39 is 5.79 Å². The summed E-state index contributed by atoms with van der Waals surface area (Å²) in [4.78, 5) is 0. The second-order valence-corrected chi connectivity index (χ2v) is 6.60. The van der Waals surface area contributed by atoms with E-state index in [4.69, 9.17) is 14.2 Å². The van der Waals surface area contributed by atoms with Gasteiger partial charge in [-0.1, -0.05) is 26.7 Å². The van der Waals surface area contributed by atoms with E-state index in [1.165, 1.54) is 12.8 Å². The van der Waals surface area contributed by atoms with Crippen LogP contribution in [0.15, 0.2) is 0 Å². The summed E-state index contributed by atoms with van der Waals surface area (Å²) < 4.78 is 16.5. The molecular formula is C17H36O4. The summed E-state index contributed by atoms with van der Waals surface area (Å²) in [5.41, 5.74) is -0.219. The lowest BCUT2D eigenvalue weighted by atomic mass is 10.00. The van der Waals surface area contributed by atoms with Crippen molar-refractivity contribution >= 4 is 0 Å². The molecule has 0 spiro atoms. The third-order valence-electron chi connectivity index (χ3n) is 4.06. The highest BCUT2D eigenvalue weighted by atomic mass is 16.6. The molecule has 0 amide bonds. The molecule has 0 bridgehead atoms. The van der Waals surface area contributed by atoms with Crippen LogP contribution in [0.25, 0.3) is 0 Å². The van der Waals surface area contributed by atoms with Crippen LogP contribution in [0, 0.1) is 5.92 Å². The maximum atomic E-state index is 10.0. The van der Waals surface area contributed by atoms with Crippen LogP contribution in [-0.2, 0) is 14.2 Å². The molecule has 0 saturated heterocycles. The number of methoxy groups -OCH3 is 1. The van der Waals surface area contributed by atoms with Crippen LogP contribution < -0.4 is 0 Å². The maximum absolute atomic E-state index is 10.0. The topological polar surface area (TPSA) is 47.9 Å². The van der Waals surface area contributed by atoms with Crippen molar-refractivity contribution in [2.45, 2.75) is 78.1 Å². The average molecular weight is 304 g/mol. The summed E-state index contributed by atoms with van der Waals surface area (Å²) in [5.74, 6) is -0.367. The smallest absolute Gasteiger partial charge is 0.164 e. The molecule has 0 aliphatic heterocycles. The first-order valence-electron chi connectivity index (χ1n) is 8.25. The molecule has 0 fully saturated rings. The zero-order chi connectivity index (χ0) is 16.4. The first-order chi connectivity index (χ1) is 9.76. The molecule has 0 saturated carbocycles. The zero-order valence-electron chi connectivity index (χ0n) is 14.9. The van der Waals surface area contributed by atoms with Crippen LogP contribution >= 0.6 is 0 Å². The molecule has 0 aromatic carbocycles.